The van der Waals surface area contributed by atoms with E-state index in [0.717, 1.165) is 16.7 Å². The van der Waals surface area contributed by atoms with Crippen LogP contribution in [0.25, 0.3) is 0 Å². The average molecular weight is 327 g/mol. The lowest BCUT2D eigenvalue weighted by Gasteiger charge is -2.21. The molecule has 2 aromatic rings. The Balaban J connectivity index is 1.82. The molecule has 0 aliphatic rings. The van der Waals surface area contributed by atoms with Gasteiger partial charge in [0, 0.05) is 19.2 Å². The van der Waals surface area contributed by atoms with Gasteiger partial charge >= 0.3 is 0 Å². The van der Waals surface area contributed by atoms with Crippen LogP contribution in [-0.4, -0.2) is 42.2 Å². The van der Waals surface area contributed by atoms with Crippen LogP contribution in [0.3, 0.4) is 0 Å². The zero-order valence-corrected chi connectivity index (χ0v) is 14.5. The summed E-state index contributed by atoms with van der Waals surface area (Å²) in [6, 6.07) is 15.6. The van der Waals surface area contributed by atoms with Crippen molar-refractivity contribution in [2.24, 2.45) is 0 Å². The van der Waals surface area contributed by atoms with Gasteiger partial charge in [0.25, 0.3) is 5.91 Å². The largest absolute Gasteiger partial charge is 0.389 e. The van der Waals surface area contributed by atoms with Crippen molar-refractivity contribution in [2.45, 2.75) is 26.6 Å². The van der Waals surface area contributed by atoms with Gasteiger partial charge in [0.2, 0.25) is 0 Å². The fourth-order valence-corrected chi connectivity index (χ4v) is 2.66. The Morgan fingerprint density at radius 2 is 1.75 bits per heavy atom. The Morgan fingerprint density at radius 3 is 2.38 bits per heavy atom. The van der Waals surface area contributed by atoms with Gasteiger partial charge in [-0.2, -0.15) is 0 Å². The smallest absolute Gasteiger partial charge is 0.253 e. The quantitative estimate of drug-likeness (QED) is 0.850. The van der Waals surface area contributed by atoms with E-state index in [1.54, 1.807) is 7.05 Å². The topological polar surface area (TPSA) is 49.8 Å². The summed E-state index contributed by atoms with van der Waals surface area (Å²) in [5, 5.41) is 10.1. The summed E-state index contributed by atoms with van der Waals surface area (Å²) in [7, 11) is 1.69. The second kappa shape index (κ2) is 8.62. The average Bonchev–Trinajstić information content (AvgIpc) is 2.54. The maximum atomic E-state index is 12.5. The molecular weight excluding hydrogens is 302 g/mol. The molecule has 0 aliphatic carbocycles. The van der Waals surface area contributed by atoms with Crippen LogP contribution in [0.5, 0.6) is 0 Å². The highest BCUT2D eigenvalue weighted by atomic mass is 16.5. The number of carbonyl (C=O) groups is 1. The van der Waals surface area contributed by atoms with Gasteiger partial charge in [-0.3, -0.25) is 4.79 Å². The number of rotatable bonds is 7. The Hall–Kier alpha value is -2.17. The maximum Gasteiger partial charge on any atom is 0.253 e. The maximum absolute atomic E-state index is 12.5. The Labute approximate surface area is 143 Å². The van der Waals surface area contributed by atoms with Crippen molar-refractivity contribution in [3.8, 4) is 0 Å². The van der Waals surface area contributed by atoms with Crippen molar-refractivity contribution >= 4 is 5.91 Å². The van der Waals surface area contributed by atoms with E-state index in [9.17, 15) is 9.90 Å². The van der Waals surface area contributed by atoms with E-state index >= 15 is 0 Å². The predicted molar refractivity (Wildman–Crippen MR) is 95.0 cm³/mol. The highest BCUT2D eigenvalue weighted by Gasteiger charge is 2.16. The molecule has 0 heterocycles. The molecule has 0 saturated heterocycles. The standard InChI is InChI=1S/C20H25NO3/c1-15-9-16(2)11-18(10-15)20(23)21(3)12-19(22)14-24-13-17-7-5-4-6-8-17/h4-11,19,22H,12-14H2,1-3H3. The molecule has 24 heavy (non-hydrogen) atoms. The van der Waals surface area contributed by atoms with Gasteiger partial charge in [-0.05, 0) is 31.5 Å². The number of amides is 1. The lowest BCUT2D eigenvalue weighted by atomic mass is 10.1. The third kappa shape index (κ3) is 5.48. The molecule has 1 atom stereocenters. The Bertz CT molecular complexity index is 650. The van der Waals surface area contributed by atoms with E-state index in [-0.39, 0.29) is 19.1 Å². The van der Waals surface area contributed by atoms with Crippen molar-refractivity contribution in [3.63, 3.8) is 0 Å². The van der Waals surface area contributed by atoms with Crippen LogP contribution in [0.4, 0.5) is 0 Å². The summed E-state index contributed by atoms with van der Waals surface area (Å²) >= 11 is 0. The number of aliphatic hydroxyl groups is 1. The first-order valence-electron chi connectivity index (χ1n) is 8.09. The summed E-state index contributed by atoms with van der Waals surface area (Å²) in [6.07, 6.45) is -0.714. The number of aryl methyl sites for hydroxylation is 2. The highest BCUT2D eigenvalue weighted by molar-refractivity contribution is 5.94. The fourth-order valence-electron chi connectivity index (χ4n) is 2.66. The molecule has 0 spiro atoms. The van der Waals surface area contributed by atoms with Crippen LogP contribution in [0.15, 0.2) is 48.5 Å². The zero-order chi connectivity index (χ0) is 17.5. The molecule has 0 fully saturated rings. The summed E-state index contributed by atoms with van der Waals surface area (Å²) in [6.45, 7) is 4.82. The second-order valence-corrected chi connectivity index (χ2v) is 6.22. The molecule has 0 aliphatic heterocycles. The third-order valence-corrected chi connectivity index (χ3v) is 3.72. The first kappa shape index (κ1) is 18.2. The highest BCUT2D eigenvalue weighted by Crippen LogP contribution is 2.11. The number of nitrogens with zero attached hydrogens (tertiary/aromatic N) is 1. The molecule has 1 N–H and O–H groups in total. The normalized spacial score (nSPS) is 12.0. The first-order valence-corrected chi connectivity index (χ1v) is 8.09. The Kier molecular flexibility index (Phi) is 6.53. The van der Waals surface area contributed by atoms with E-state index < -0.39 is 6.10 Å². The molecule has 2 aromatic carbocycles. The second-order valence-electron chi connectivity index (χ2n) is 6.22. The van der Waals surface area contributed by atoms with Crippen LogP contribution in [0, 0.1) is 13.8 Å². The molecule has 0 saturated carbocycles. The van der Waals surface area contributed by atoms with E-state index in [2.05, 4.69) is 0 Å². The van der Waals surface area contributed by atoms with Gasteiger partial charge in [-0.25, -0.2) is 0 Å². The molecule has 128 valence electrons. The van der Waals surface area contributed by atoms with Gasteiger partial charge in [0.15, 0.2) is 0 Å². The molecule has 4 heteroatoms. The molecule has 2 rings (SSSR count). The Morgan fingerprint density at radius 1 is 1.12 bits per heavy atom. The monoisotopic (exact) mass is 327 g/mol. The third-order valence-electron chi connectivity index (χ3n) is 3.72. The molecule has 1 unspecified atom stereocenters. The van der Waals surface area contributed by atoms with E-state index in [1.165, 1.54) is 4.90 Å². The van der Waals surface area contributed by atoms with Gasteiger partial charge in [0.05, 0.1) is 19.3 Å². The molecule has 4 nitrogen and oxygen atoms in total. The molecular formula is C20H25NO3. The number of likely N-dealkylation sites (N-methyl/N-ethyl adjacent to an activating group) is 1. The van der Waals surface area contributed by atoms with Crippen molar-refractivity contribution in [1.29, 1.82) is 0 Å². The van der Waals surface area contributed by atoms with Crippen molar-refractivity contribution in [1.82, 2.24) is 4.90 Å². The lowest BCUT2D eigenvalue weighted by molar-refractivity contribution is 0.0137. The number of hydrogen-bond acceptors (Lipinski definition) is 3. The first-order chi connectivity index (χ1) is 11.5. The van der Waals surface area contributed by atoms with E-state index in [0.29, 0.717) is 12.2 Å². The van der Waals surface area contributed by atoms with Crippen LogP contribution < -0.4 is 0 Å². The lowest BCUT2D eigenvalue weighted by Crippen LogP contribution is -2.36. The van der Waals surface area contributed by atoms with Gasteiger partial charge < -0.3 is 14.7 Å². The summed E-state index contributed by atoms with van der Waals surface area (Å²) in [4.78, 5) is 14.0. The number of benzene rings is 2. The zero-order valence-electron chi connectivity index (χ0n) is 14.5. The minimum Gasteiger partial charge on any atom is -0.389 e. The van der Waals surface area contributed by atoms with Gasteiger partial charge in [0.1, 0.15) is 0 Å². The molecule has 1 amide bonds. The van der Waals surface area contributed by atoms with Crippen molar-refractivity contribution < 1.29 is 14.6 Å². The molecule has 0 bridgehead atoms. The van der Waals surface area contributed by atoms with Crippen molar-refractivity contribution in [2.75, 3.05) is 20.2 Å². The van der Waals surface area contributed by atoms with E-state index in [1.807, 2.05) is 62.4 Å². The van der Waals surface area contributed by atoms with Gasteiger partial charge in [-0.15, -0.1) is 0 Å². The van der Waals surface area contributed by atoms with Crippen LogP contribution in [0.2, 0.25) is 0 Å². The summed E-state index contributed by atoms with van der Waals surface area (Å²) in [5.74, 6) is -0.0936. The van der Waals surface area contributed by atoms with Crippen LogP contribution in [0.1, 0.15) is 27.0 Å². The number of carbonyl (C=O) groups excluding carboxylic acids is 1. The summed E-state index contributed by atoms with van der Waals surface area (Å²) < 4.78 is 5.52. The van der Waals surface area contributed by atoms with Crippen LogP contribution >= 0.6 is 0 Å². The summed E-state index contributed by atoms with van der Waals surface area (Å²) in [5.41, 5.74) is 3.81. The van der Waals surface area contributed by atoms with Gasteiger partial charge in [-0.1, -0.05) is 47.5 Å². The minimum absolute atomic E-state index is 0.0936. The SMILES string of the molecule is Cc1cc(C)cc(C(=O)N(C)CC(O)COCc2ccccc2)c1. The molecule has 0 radical (unpaired) electrons. The molecule has 0 aromatic heterocycles. The predicted octanol–water partition coefficient (Wildman–Crippen LogP) is 2.95. The van der Waals surface area contributed by atoms with Crippen molar-refractivity contribution in [3.05, 3.63) is 70.8 Å². The number of hydrogen-bond donors (Lipinski definition) is 1. The number of aliphatic hydroxyl groups excluding tert-OH is 1. The van der Waals surface area contributed by atoms with E-state index in [4.69, 9.17) is 4.74 Å². The van der Waals surface area contributed by atoms with Crippen LogP contribution in [-0.2, 0) is 11.3 Å². The fraction of sp³-hybridized carbons (Fsp3) is 0.350. The minimum atomic E-state index is -0.714. The number of ether oxygens (including phenoxy) is 1.